The fourth-order valence-corrected chi connectivity index (χ4v) is 1.67. The molecule has 0 atom stereocenters. The average molecular weight is 272 g/mol. The molecule has 2 amide bonds. The molecule has 0 saturated carbocycles. The van der Waals surface area contributed by atoms with Gasteiger partial charge in [-0.1, -0.05) is 0 Å². The molecule has 19 heavy (non-hydrogen) atoms. The van der Waals surface area contributed by atoms with Crippen LogP contribution >= 0.6 is 0 Å². The van der Waals surface area contributed by atoms with Crippen LogP contribution in [0.3, 0.4) is 0 Å². The number of carbonyl (C=O) groups is 1. The number of nitrogens with one attached hydrogen (secondary N) is 1. The number of nitrogens with two attached hydrogens (primary N) is 1. The quantitative estimate of drug-likeness (QED) is 0.778. The number of hydrogen-bond donors (Lipinski definition) is 2. The minimum Gasteiger partial charge on any atom is -0.420 e. The zero-order chi connectivity index (χ0) is 14.3. The molecule has 0 radical (unpaired) electrons. The molecule has 1 aromatic carbocycles. The summed E-state index contributed by atoms with van der Waals surface area (Å²) in [7, 11) is 0. The Morgan fingerprint density at radius 3 is 2.53 bits per heavy atom. The lowest BCUT2D eigenvalue weighted by Crippen LogP contribution is -2.21. The lowest BCUT2D eigenvalue weighted by molar-refractivity contribution is 0.259. The van der Waals surface area contributed by atoms with Crippen LogP contribution in [-0.2, 0) is 0 Å². The molecule has 1 heterocycles. The van der Waals surface area contributed by atoms with E-state index in [-0.39, 0.29) is 5.56 Å². The van der Waals surface area contributed by atoms with Crippen molar-refractivity contribution in [2.45, 2.75) is 6.92 Å². The molecule has 8 heteroatoms. The second-order valence-electron chi connectivity index (χ2n) is 3.74. The van der Waals surface area contributed by atoms with Crippen molar-refractivity contribution < 1.29 is 22.4 Å². The van der Waals surface area contributed by atoms with Crippen molar-refractivity contribution in [1.82, 2.24) is 0 Å². The van der Waals surface area contributed by atoms with Crippen LogP contribution in [0.5, 0.6) is 0 Å². The highest BCUT2D eigenvalue weighted by Gasteiger charge is 2.21. The van der Waals surface area contributed by atoms with Crippen LogP contribution in [0.25, 0.3) is 11.0 Å². The first-order chi connectivity index (χ1) is 8.82. The van der Waals surface area contributed by atoms with Gasteiger partial charge in [0.1, 0.15) is 11.3 Å². The Morgan fingerprint density at radius 2 is 1.95 bits per heavy atom. The first-order valence-electron chi connectivity index (χ1n) is 5.00. The number of fused-ring (bicyclic) bond motifs is 1. The second-order valence-corrected chi connectivity index (χ2v) is 3.74. The number of urea groups is 1. The maximum absolute atomic E-state index is 14.0. The molecule has 0 spiro atoms. The summed E-state index contributed by atoms with van der Waals surface area (Å²) >= 11 is 0. The molecular formula is C11H7F3N2O3. The van der Waals surface area contributed by atoms with Gasteiger partial charge in [-0.3, -0.25) is 0 Å². The van der Waals surface area contributed by atoms with Crippen molar-refractivity contribution in [2.75, 3.05) is 5.32 Å². The first kappa shape index (κ1) is 12.9. The van der Waals surface area contributed by atoms with Gasteiger partial charge >= 0.3 is 11.7 Å². The van der Waals surface area contributed by atoms with Crippen LogP contribution in [0.4, 0.5) is 23.7 Å². The molecule has 3 N–H and O–H groups in total. The van der Waals surface area contributed by atoms with Gasteiger partial charge in [0.15, 0.2) is 11.6 Å². The number of benzene rings is 1. The molecular weight excluding hydrogens is 265 g/mol. The Hall–Kier alpha value is -2.51. The van der Waals surface area contributed by atoms with Gasteiger partial charge in [0.05, 0.1) is 5.39 Å². The standard InChI is InChI=1S/C11H7F3N2O3/c1-3-6-5(19-10(17)7(3)13)2-4(12)9(8(6)14)16-11(15)18/h2H,1H3,(H3,15,16,18). The van der Waals surface area contributed by atoms with Gasteiger partial charge in [-0.2, -0.15) is 4.39 Å². The van der Waals surface area contributed by atoms with Gasteiger partial charge in [-0.25, -0.2) is 18.4 Å². The normalized spacial score (nSPS) is 10.7. The summed E-state index contributed by atoms with van der Waals surface area (Å²) in [5.41, 5.74) is 1.78. The third-order valence-electron chi connectivity index (χ3n) is 2.52. The van der Waals surface area contributed by atoms with Gasteiger partial charge in [0.2, 0.25) is 5.82 Å². The summed E-state index contributed by atoms with van der Waals surface area (Å²) in [5.74, 6) is -3.75. The number of aryl methyl sites for hydroxylation is 1. The minimum atomic E-state index is -1.33. The molecule has 0 aliphatic heterocycles. The van der Waals surface area contributed by atoms with Crippen LogP contribution in [0.15, 0.2) is 15.3 Å². The molecule has 100 valence electrons. The number of amides is 2. The van der Waals surface area contributed by atoms with Gasteiger partial charge in [0.25, 0.3) is 0 Å². The van der Waals surface area contributed by atoms with Gasteiger partial charge < -0.3 is 15.5 Å². The third-order valence-corrected chi connectivity index (χ3v) is 2.52. The summed E-state index contributed by atoms with van der Waals surface area (Å²) in [5, 5.41) is 1.30. The van der Waals surface area contributed by atoms with Crippen molar-refractivity contribution >= 4 is 22.7 Å². The molecule has 0 aliphatic carbocycles. The molecule has 5 nitrogen and oxygen atoms in total. The van der Waals surface area contributed by atoms with E-state index in [1.807, 2.05) is 0 Å². The summed E-state index contributed by atoms with van der Waals surface area (Å²) in [6, 6.07) is -0.523. The van der Waals surface area contributed by atoms with Crippen LogP contribution in [0, 0.1) is 24.4 Å². The molecule has 2 rings (SSSR count). The van der Waals surface area contributed by atoms with E-state index in [9.17, 15) is 22.8 Å². The summed E-state index contributed by atoms with van der Waals surface area (Å²) in [6.07, 6.45) is 0. The van der Waals surface area contributed by atoms with Crippen molar-refractivity contribution in [2.24, 2.45) is 5.73 Å². The van der Waals surface area contributed by atoms with Crippen LogP contribution < -0.4 is 16.7 Å². The van der Waals surface area contributed by atoms with E-state index in [4.69, 9.17) is 5.73 Å². The smallest absolute Gasteiger partial charge is 0.372 e. The molecule has 1 aromatic heterocycles. The van der Waals surface area contributed by atoms with E-state index in [1.165, 1.54) is 0 Å². The van der Waals surface area contributed by atoms with Crippen molar-refractivity contribution in [3.05, 3.63) is 39.5 Å². The molecule has 0 bridgehead atoms. The van der Waals surface area contributed by atoms with Gasteiger partial charge in [-0.05, 0) is 6.92 Å². The first-order valence-corrected chi connectivity index (χ1v) is 5.00. The fourth-order valence-electron chi connectivity index (χ4n) is 1.67. The molecule has 0 saturated heterocycles. The Morgan fingerprint density at radius 1 is 1.32 bits per heavy atom. The van der Waals surface area contributed by atoms with Crippen LogP contribution in [-0.4, -0.2) is 6.03 Å². The minimum absolute atomic E-state index is 0.351. The molecule has 0 fully saturated rings. The summed E-state index contributed by atoms with van der Waals surface area (Å²) < 4.78 is 45.4. The van der Waals surface area contributed by atoms with E-state index in [2.05, 4.69) is 4.42 Å². The van der Waals surface area contributed by atoms with E-state index >= 15 is 0 Å². The summed E-state index contributed by atoms with van der Waals surface area (Å²) in [6.45, 7) is 1.13. The number of anilines is 1. The van der Waals surface area contributed by atoms with E-state index in [1.54, 1.807) is 5.32 Å². The Bertz CT molecular complexity index is 755. The number of carbonyl (C=O) groups excluding carboxylic acids is 1. The fraction of sp³-hybridized carbons (Fsp3) is 0.0909. The predicted molar refractivity (Wildman–Crippen MR) is 60.3 cm³/mol. The predicted octanol–water partition coefficient (Wildman–Crippen LogP) is 2.01. The number of primary amides is 1. The van der Waals surface area contributed by atoms with E-state index in [0.29, 0.717) is 6.07 Å². The Kier molecular flexibility index (Phi) is 2.93. The van der Waals surface area contributed by atoms with Crippen molar-refractivity contribution in [3.63, 3.8) is 0 Å². The van der Waals surface area contributed by atoms with E-state index in [0.717, 1.165) is 6.92 Å². The zero-order valence-corrected chi connectivity index (χ0v) is 9.51. The Balaban J connectivity index is 2.90. The third kappa shape index (κ3) is 2.01. The van der Waals surface area contributed by atoms with Gasteiger partial charge in [0, 0.05) is 11.6 Å². The van der Waals surface area contributed by atoms with Crippen LogP contribution in [0.1, 0.15) is 5.56 Å². The van der Waals surface area contributed by atoms with Gasteiger partial charge in [-0.15, -0.1) is 0 Å². The number of rotatable bonds is 1. The molecule has 2 aromatic rings. The van der Waals surface area contributed by atoms with Crippen molar-refractivity contribution in [1.29, 1.82) is 0 Å². The lowest BCUT2D eigenvalue weighted by atomic mass is 10.1. The number of halogens is 3. The van der Waals surface area contributed by atoms with Crippen molar-refractivity contribution in [3.8, 4) is 0 Å². The highest BCUT2D eigenvalue weighted by atomic mass is 19.1. The number of hydrogen-bond acceptors (Lipinski definition) is 3. The highest BCUT2D eigenvalue weighted by molar-refractivity contribution is 5.93. The molecule has 0 aliphatic rings. The average Bonchev–Trinajstić information content (AvgIpc) is 2.31. The topological polar surface area (TPSA) is 85.3 Å². The monoisotopic (exact) mass is 272 g/mol. The van der Waals surface area contributed by atoms with Crippen LogP contribution in [0.2, 0.25) is 0 Å². The Labute approximate surface area is 103 Å². The SMILES string of the molecule is Cc1c(F)c(=O)oc2cc(F)c(NC(N)=O)c(F)c12. The molecule has 0 unspecified atom stereocenters. The largest absolute Gasteiger partial charge is 0.420 e. The zero-order valence-electron chi connectivity index (χ0n) is 9.51. The maximum atomic E-state index is 14.0. The maximum Gasteiger partial charge on any atom is 0.372 e. The highest BCUT2D eigenvalue weighted by Crippen LogP contribution is 2.30. The second kappa shape index (κ2) is 4.30. The summed E-state index contributed by atoms with van der Waals surface area (Å²) in [4.78, 5) is 21.7. The van der Waals surface area contributed by atoms with E-state index < -0.39 is 45.8 Å². The lowest BCUT2D eigenvalue weighted by Gasteiger charge is -2.09.